The van der Waals surface area contributed by atoms with Gasteiger partial charge in [-0.1, -0.05) is 36.3 Å². The number of hydrogen-bond acceptors (Lipinski definition) is 5. The van der Waals surface area contributed by atoms with Gasteiger partial charge in [-0.2, -0.15) is 0 Å². The highest BCUT2D eigenvalue weighted by Crippen LogP contribution is 2.35. The molecule has 0 atom stereocenters. The van der Waals surface area contributed by atoms with Gasteiger partial charge < -0.3 is 14.0 Å². The zero-order chi connectivity index (χ0) is 21.1. The fraction of sp³-hybridized carbons (Fsp3) is 0.417. The smallest absolute Gasteiger partial charge is 0.307 e. The standard InChI is InChI=1S/C24H27NO4S/c1-25-20-10-9-18(14-22(20)30-24(25)27)19-13-16(8-12-23(26)28-2)7-11-21(19)29-15-17-5-3-4-6-17/h7,9-11,13-14,17H,3-6,8,12,15H2,1-2H3. The van der Waals surface area contributed by atoms with Crippen LogP contribution in [0.1, 0.15) is 37.7 Å². The Kier molecular flexibility index (Phi) is 6.23. The van der Waals surface area contributed by atoms with E-state index in [1.54, 1.807) is 11.6 Å². The molecule has 0 saturated heterocycles. The fourth-order valence-corrected chi connectivity index (χ4v) is 5.04. The van der Waals surface area contributed by atoms with E-state index in [1.807, 2.05) is 24.3 Å². The number of benzene rings is 2. The molecule has 2 aromatic carbocycles. The second-order valence-electron chi connectivity index (χ2n) is 7.98. The Morgan fingerprint density at radius 3 is 2.73 bits per heavy atom. The molecule has 158 valence electrons. The van der Waals surface area contributed by atoms with E-state index in [-0.39, 0.29) is 10.8 Å². The van der Waals surface area contributed by atoms with E-state index in [9.17, 15) is 9.59 Å². The van der Waals surface area contributed by atoms with Gasteiger partial charge in [0.25, 0.3) is 0 Å². The molecule has 6 heteroatoms. The molecule has 0 bridgehead atoms. The van der Waals surface area contributed by atoms with Crippen molar-refractivity contribution in [1.82, 2.24) is 4.57 Å². The normalized spacial score (nSPS) is 14.3. The number of hydrogen-bond donors (Lipinski definition) is 0. The lowest BCUT2D eigenvalue weighted by Gasteiger charge is -2.16. The van der Waals surface area contributed by atoms with E-state index >= 15 is 0 Å². The molecule has 1 aliphatic carbocycles. The number of ether oxygens (including phenoxy) is 2. The molecule has 0 N–H and O–H groups in total. The third kappa shape index (κ3) is 4.43. The number of methoxy groups -OCH3 is 1. The zero-order valence-electron chi connectivity index (χ0n) is 17.5. The zero-order valence-corrected chi connectivity index (χ0v) is 18.3. The highest BCUT2D eigenvalue weighted by molar-refractivity contribution is 7.16. The van der Waals surface area contributed by atoms with Gasteiger partial charge in [0.05, 0.1) is 23.9 Å². The van der Waals surface area contributed by atoms with Crippen molar-refractivity contribution < 1.29 is 14.3 Å². The molecule has 1 aliphatic rings. The molecule has 0 spiro atoms. The number of aryl methyl sites for hydroxylation is 2. The van der Waals surface area contributed by atoms with Crippen molar-refractivity contribution in [2.75, 3.05) is 13.7 Å². The molecule has 0 radical (unpaired) electrons. The molecular formula is C24H27NO4S. The van der Waals surface area contributed by atoms with Crippen LogP contribution < -0.4 is 9.61 Å². The van der Waals surface area contributed by atoms with Crippen LogP contribution in [0, 0.1) is 5.92 Å². The third-order valence-electron chi connectivity index (χ3n) is 5.94. The van der Waals surface area contributed by atoms with Crippen molar-refractivity contribution >= 4 is 27.5 Å². The van der Waals surface area contributed by atoms with Crippen LogP contribution in [0.4, 0.5) is 0 Å². The Morgan fingerprint density at radius 2 is 1.97 bits per heavy atom. The van der Waals surface area contributed by atoms with Gasteiger partial charge in [0.15, 0.2) is 0 Å². The summed E-state index contributed by atoms with van der Waals surface area (Å²) in [7, 11) is 3.21. The fourth-order valence-electron chi connectivity index (χ4n) is 4.12. The number of fused-ring (bicyclic) bond motifs is 1. The van der Waals surface area contributed by atoms with Crippen LogP contribution in [0.15, 0.2) is 41.2 Å². The number of thiazole rings is 1. The van der Waals surface area contributed by atoms with Gasteiger partial charge >= 0.3 is 10.8 Å². The summed E-state index contributed by atoms with van der Waals surface area (Å²) in [6.45, 7) is 0.732. The van der Waals surface area contributed by atoms with Crippen molar-refractivity contribution in [2.24, 2.45) is 13.0 Å². The Labute approximate surface area is 180 Å². The first-order valence-electron chi connectivity index (χ1n) is 10.5. The van der Waals surface area contributed by atoms with Crippen LogP contribution in [-0.2, 0) is 23.0 Å². The molecule has 30 heavy (non-hydrogen) atoms. The average Bonchev–Trinajstić information content (AvgIpc) is 3.38. The molecule has 4 rings (SSSR count). The molecule has 1 aromatic heterocycles. The van der Waals surface area contributed by atoms with Gasteiger partial charge in [0.2, 0.25) is 0 Å². The lowest BCUT2D eigenvalue weighted by atomic mass is 9.99. The van der Waals surface area contributed by atoms with Crippen molar-refractivity contribution in [3.05, 3.63) is 51.6 Å². The van der Waals surface area contributed by atoms with Crippen LogP contribution in [-0.4, -0.2) is 24.3 Å². The third-order valence-corrected chi connectivity index (χ3v) is 6.94. The van der Waals surface area contributed by atoms with Gasteiger partial charge in [0.1, 0.15) is 5.75 Å². The highest BCUT2D eigenvalue weighted by Gasteiger charge is 2.17. The van der Waals surface area contributed by atoms with Crippen molar-refractivity contribution in [3.8, 4) is 16.9 Å². The lowest BCUT2D eigenvalue weighted by Crippen LogP contribution is -2.09. The number of carbonyl (C=O) groups is 1. The van der Waals surface area contributed by atoms with Crippen molar-refractivity contribution in [1.29, 1.82) is 0 Å². The molecule has 3 aromatic rings. The first-order chi connectivity index (χ1) is 14.5. The summed E-state index contributed by atoms with van der Waals surface area (Å²) in [6.07, 6.45) is 6.00. The number of aromatic nitrogens is 1. The van der Waals surface area contributed by atoms with Crippen LogP contribution >= 0.6 is 11.3 Å². The number of carbonyl (C=O) groups excluding carboxylic acids is 1. The predicted octanol–water partition coefficient (Wildman–Crippen LogP) is 4.94. The molecule has 0 amide bonds. The Morgan fingerprint density at radius 1 is 1.17 bits per heavy atom. The minimum atomic E-state index is -0.214. The summed E-state index contributed by atoms with van der Waals surface area (Å²) in [5.74, 6) is 1.26. The second-order valence-corrected chi connectivity index (χ2v) is 8.97. The number of rotatable bonds is 7. The summed E-state index contributed by atoms with van der Waals surface area (Å²) >= 11 is 1.25. The molecule has 1 heterocycles. The number of esters is 1. The topological polar surface area (TPSA) is 57.5 Å². The van der Waals surface area contributed by atoms with Gasteiger partial charge in [-0.3, -0.25) is 9.59 Å². The number of nitrogens with zero attached hydrogens (tertiary/aromatic N) is 1. The van der Waals surface area contributed by atoms with E-state index in [0.717, 1.165) is 39.3 Å². The van der Waals surface area contributed by atoms with Crippen LogP contribution in [0.5, 0.6) is 5.75 Å². The minimum Gasteiger partial charge on any atom is -0.493 e. The van der Waals surface area contributed by atoms with E-state index in [0.29, 0.717) is 18.8 Å². The minimum absolute atomic E-state index is 0.0340. The summed E-state index contributed by atoms with van der Waals surface area (Å²) in [6, 6.07) is 12.2. The summed E-state index contributed by atoms with van der Waals surface area (Å²) in [5.41, 5.74) is 4.01. The quantitative estimate of drug-likeness (QED) is 0.503. The van der Waals surface area contributed by atoms with E-state index in [1.165, 1.54) is 44.1 Å². The largest absolute Gasteiger partial charge is 0.493 e. The molecule has 1 saturated carbocycles. The molecular weight excluding hydrogens is 398 g/mol. The van der Waals surface area contributed by atoms with Gasteiger partial charge in [-0.25, -0.2) is 0 Å². The monoisotopic (exact) mass is 425 g/mol. The Bertz CT molecular complexity index is 1110. The Balaban J connectivity index is 1.67. The maximum absolute atomic E-state index is 12.0. The van der Waals surface area contributed by atoms with Crippen LogP contribution in [0.2, 0.25) is 0 Å². The van der Waals surface area contributed by atoms with Gasteiger partial charge in [0, 0.05) is 19.0 Å². The van der Waals surface area contributed by atoms with Gasteiger partial charge in [-0.05, 0) is 60.6 Å². The maximum Gasteiger partial charge on any atom is 0.307 e. The van der Waals surface area contributed by atoms with Crippen molar-refractivity contribution in [2.45, 2.75) is 38.5 Å². The van der Waals surface area contributed by atoms with E-state index in [2.05, 4.69) is 12.1 Å². The van der Waals surface area contributed by atoms with Crippen molar-refractivity contribution in [3.63, 3.8) is 0 Å². The molecule has 0 unspecified atom stereocenters. The molecule has 0 aliphatic heterocycles. The summed E-state index contributed by atoms with van der Waals surface area (Å²) < 4.78 is 13.7. The van der Waals surface area contributed by atoms with E-state index in [4.69, 9.17) is 9.47 Å². The first-order valence-corrected chi connectivity index (χ1v) is 11.3. The lowest BCUT2D eigenvalue weighted by molar-refractivity contribution is -0.140. The predicted molar refractivity (Wildman–Crippen MR) is 120 cm³/mol. The molecule has 1 fully saturated rings. The average molecular weight is 426 g/mol. The van der Waals surface area contributed by atoms with Crippen LogP contribution in [0.3, 0.4) is 0 Å². The maximum atomic E-state index is 12.0. The summed E-state index contributed by atoms with van der Waals surface area (Å²) in [4.78, 5) is 23.6. The second kappa shape index (κ2) is 9.04. The van der Waals surface area contributed by atoms with E-state index < -0.39 is 0 Å². The molecule has 5 nitrogen and oxygen atoms in total. The first kappa shape index (κ1) is 20.7. The highest BCUT2D eigenvalue weighted by atomic mass is 32.1. The SMILES string of the molecule is COC(=O)CCc1ccc(OCC2CCCC2)c(-c2ccc3c(c2)sc(=O)n3C)c1. The summed E-state index contributed by atoms with van der Waals surface area (Å²) in [5, 5.41) is 0. The van der Waals surface area contributed by atoms with Gasteiger partial charge in [-0.15, -0.1) is 0 Å². The Hall–Kier alpha value is -2.60. The van der Waals surface area contributed by atoms with Crippen LogP contribution in [0.25, 0.3) is 21.3 Å².